The molecule has 3 aliphatic rings. The van der Waals surface area contributed by atoms with Crippen LogP contribution in [0.25, 0.3) is 22.3 Å². The van der Waals surface area contributed by atoms with Gasteiger partial charge in [-0.3, -0.25) is 0 Å². The van der Waals surface area contributed by atoms with Crippen molar-refractivity contribution in [1.82, 2.24) is 0 Å². The first-order valence-corrected chi connectivity index (χ1v) is 23.0. The van der Waals surface area contributed by atoms with Gasteiger partial charge in [-0.2, -0.15) is 0 Å². The normalized spacial score (nSPS) is 16.1. The van der Waals surface area contributed by atoms with Crippen LogP contribution >= 0.6 is 0 Å². The molecule has 63 heavy (non-hydrogen) atoms. The van der Waals surface area contributed by atoms with Crippen LogP contribution in [0.15, 0.2) is 140 Å². The van der Waals surface area contributed by atoms with E-state index in [0.717, 1.165) is 74.7 Å². The molecule has 10 rings (SSSR count). The van der Waals surface area contributed by atoms with Crippen molar-refractivity contribution in [3.8, 4) is 22.3 Å². The van der Waals surface area contributed by atoms with Gasteiger partial charge in [0.15, 0.2) is 0 Å². The number of hydrogen-bond donors (Lipinski definition) is 0. The van der Waals surface area contributed by atoms with E-state index in [1.54, 1.807) is 0 Å². The van der Waals surface area contributed by atoms with Crippen LogP contribution < -0.4 is 26.2 Å². The number of rotatable bonds is 4. The standard InChI is InChI=1S/C60H63BN2/c1-38-30-54-56-55(31-38)63(51-28-24-43(58(5,6)7)34-48(51)47-21-17-16-20-46(47)39-18-14-13-15-19-39)53-33-41-37-60(11,12)36-40(41)32-49(53)61(56)50-35-44(59(8,9)10)25-29-52(50)62(54)45-26-22-42(23-27-45)57(2,3)4/h13-35H,36-37H2,1-12H3/i1D3. The van der Waals surface area contributed by atoms with E-state index in [0.29, 0.717) is 5.56 Å². The number of hydrogen-bond acceptors (Lipinski definition) is 2. The van der Waals surface area contributed by atoms with Gasteiger partial charge in [-0.1, -0.05) is 167 Å². The van der Waals surface area contributed by atoms with Crippen LogP contribution in [-0.4, -0.2) is 6.71 Å². The van der Waals surface area contributed by atoms with Crippen molar-refractivity contribution in [2.45, 2.75) is 112 Å². The summed E-state index contributed by atoms with van der Waals surface area (Å²) in [6, 6.07) is 51.4. The van der Waals surface area contributed by atoms with Gasteiger partial charge in [0.25, 0.3) is 6.71 Å². The maximum Gasteiger partial charge on any atom is 0.252 e. The Labute approximate surface area is 382 Å². The monoisotopic (exact) mass is 826 g/mol. The van der Waals surface area contributed by atoms with Crippen LogP contribution in [0, 0.1) is 12.3 Å². The average molecular weight is 826 g/mol. The molecule has 0 radical (unpaired) electrons. The maximum atomic E-state index is 9.09. The molecule has 1 aliphatic carbocycles. The van der Waals surface area contributed by atoms with Gasteiger partial charge >= 0.3 is 0 Å². The fourth-order valence-electron chi connectivity index (χ4n) is 10.7. The van der Waals surface area contributed by atoms with Crippen LogP contribution in [0.2, 0.25) is 0 Å². The van der Waals surface area contributed by atoms with Gasteiger partial charge in [0.05, 0.1) is 5.69 Å². The summed E-state index contributed by atoms with van der Waals surface area (Å²) in [5.74, 6) is 0. The summed E-state index contributed by atoms with van der Waals surface area (Å²) >= 11 is 0. The molecule has 7 aromatic carbocycles. The lowest BCUT2D eigenvalue weighted by molar-refractivity contribution is 0.392. The number of anilines is 6. The van der Waals surface area contributed by atoms with Crippen molar-refractivity contribution in [1.29, 1.82) is 0 Å². The Bertz CT molecular complexity index is 3050. The summed E-state index contributed by atoms with van der Waals surface area (Å²) in [7, 11) is 0. The van der Waals surface area contributed by atoms with E-state index in [-0.39, 0.29) is 28.4 Å². The van der Waals surface area contributed by atoms with Crippen LogP contribution in [-0.2, 0) is 29.1 Å². The molecule has 0 N–H and O–H groups in total. The highest BCUT2D eigenvalue weighted by Crippen LogP contribution is 2.50. The fraction of sp³-hybridized carbons (Fsp3) is 0.300. The van der Waals surface area contributed by atoms with Gasteiger partial charge in [-0.25, -0.2) is 0 Å². The summed E-state index contributed by atoms with van der Waals surface area (Å²) < 4.78 is 27.3. The molecule has 0 fully saturated rings. The zero-order valence-electron chi connectivity index (χ0n) is 42.2. The lowest BCUT2D eigenvalue weighted by Gasteiger charge is -2.45. The Kier molecular flexibility index (Phi) is 8.60. The first-order chi connectivity index (χ1) is 31.0. The molecule has 2 aliphatic heterocycles. The summed E-state index contributed by atoms with van der Waals surface area (Å²) in [5.41, 5.74) is 21.0. The second-order valence-corrected chi connectivity index (χ2v) is 22.4. The second kappa shape index (κ2) is 14.4. The topological polar surface area (TPSA) is 6.48 Å². The van der Waals surface area contributed by atoms with E-state index in [4.69, 9.17) is 4.11 Å². The zero-order valence-corrected chi connectivity index (χ0v) is 39.2. The molecule has 0 saturated heterocycles. The summed E-state index contributed by atoms with van der Waals surface area (Å²) in [5, 5.41) is 0. The average Bonchev–Trinajstić information content (AvgIpc) is 3.56. The second-order valence-electron chi connectivity index (χ2n) is 22.4. The van der Waals surface area contributed by atoms with E-state index >= 15 is 0 Å². The molecule has 7 aromatic rings. The van der Waals surface area contributed by atoms with Crippen molar-refractivity contribution >= 4 is 57.2 Å². The van der Waals surface area contributed by atoms with Crippen molar-refractivity contribution in [2.75, 3.05) is 9.80 Å². The molecule has 0 spiro atoms. The van der Waals surface area contributed by atoms with E-state index in [9.17, 15) is 0 Å². The SMILES string of the molecule is [2H]C([2H])([2H])c1cc2c3c(c1)N(c1ccc(C(C)(C)C)cc1-c1ccccc1-c1ccccc1)c1cc4c(cc1B3c1cc(C(C)(C)C)ccc1N2c1ccc(C(C)(C)C)cc1)CC(C)(C)C4. The number of nitrogens with zero attached hydrogens (tertiary/aromatic N) is 2. The van der Waals surface area contributed by atoms with Gasteiger partial charge < -0.3 is 9.80 Å². The van der Waals surface area contributed by atoms with Crippen LogP contribution in [0.3, 0.4) is 0 Å². The molecule has 0 aromatic heterocycles. The van der Waals surface area contributed by atoms with Crippen molar-refractivity contribution in [3.05, 3.63) is 173 Å². The van der Waals surface area contributed by atoms with Crippen LogP contribution in [0.5, 0.6) is 0 Å². The van der Waals surface area contributed by atoms with Crippen LogP contribution in [0.1, 0.15) is 114 Å². The van der Waals surface area contributed by atoms with Gasteiger partial charge in [0.1, 0.15) is 0 Å². The minimum atomic E-state index is -2.37. The van der Waals surface area contributed by atoms with Gasteiger partial charge in [0, 0.05) is 38.1 Å². The summed E-state index contributed by atoms with van der Waals surface area (Å²) in [4.78, 5) is 4.81. The predicted octanol–water partition coefficient (Wildman–Crippen LogP) is 14.4. The maximum absolute atomic E-state index is 9.09. The minimum absolute atomic E-state index is 0.0240. The molecule has 316 valence electrons. The van der Waals surface area contributed by atoms with Crippen LogP contribution in [0.4, 0.5) is 34.1 Å². The third kappa shape index (κ3) is 7.04. The Morgan fingerprint density at radius 1 is 0.476 bits per heavy atom. The van der Waals surface area contributed by atoms with Gasteiger partial charge in [-0.05, 0) is 156 Å². The molecule has 0 amide bonds. The minimum Gasteiger partial charge on any atom is -0.311 e. The molecule has 0 saturated carbocycles. The number of benzene rings is 7. The Hall–Kier alpha value is -5.80. The molecule has 0 bridgehead atoms. The Morgan fingerprint density at radius 2 is 1.02 bits per heavy atom. The fourth-order valence-corrected chi connectivity index (χ4v) is 10.7. The van der Waals surface area contributed by atoms with E-state index < -0.39 is 6.85 Å². The number of fused-ring (bicyclic) bond motifs is 5. The summed E-state index contributed by atoms with van der Waals surface area (Å²) in [6.07, 6.45) is 1.99. The molecule has 3 heteroatoms. The van der Waals surface area contributed by atoms with Gasteiger partial charge in [-0.15, -0.1) is 0 Å². The molecule has 0 atom stereocenters. The quantitative estimate of drug-likeness (QED) is 0.163. The van der Waals surface area contributed by atoms with E-state index in [1.165, 1.54) is 38.7 Å². The van der Waals surface area contributed by atoms with E-state index in [2.05, 4.69) is 213 Å². The summed E-state index contributed by atoms with van der Waals surface area (Å²) in [6.45, 7) is 22.7. The van der Waals surface area contributed by atoms with Crippen molar-refractivity contribution in [3.63, 3.8) is 0 Å². The third-order valence-corrected chi connectivity index (χ3v) is 14.0. The third-order valence-electron chi connectivity index (χ3n) is 14.0. The first-order valence-electron chi connectivity index (χ1n) is 24.5. The molecular weight excluding hydrogens is 759 g/mol. The van der Waals surface area contributed by atoms with E-state index in [1.807, 2.05) is 12.1 Å². The Morgan fingerprint density at radius 3 is 1.65 bits per heavy atom. The smallest absolute Gasteiger partial charge is 0.252 e. The molecular formula is C60H63BN2. The highest BCUT2D eigenvalue weighted by molar-refractivity contribution is 7.00. The lowest BCUT2D eigenvalue weighted by atomic mass is 9.33. The lowest BCUT2D eigenvalue weighted by Crippen LogP contribution is -2.61. The van der Waals surface area contributed by atoms with Crippen molar-refractivity contribution in [2.24, 2.45) is 5.41 Å². The predicted molar refractivity (Wildman–Crippen MR) is 273 cm³/mol. The Balaban J connectivity index is 1.35. The highest BCUT2D eigenvalue weighted by atomic mass is 15.2. The zero-order chi connectivity index (χ0) is 46.9. The van der Waals surface area contributed by atoms with Gasteiger partial charge in [0.2, 0.25) is 0 Å². The number of aryl methyl sites for hydroxylation is 1. The molecule has 2 heterocycles. The largest absolute Gasteiger partial charge is 0.311 e. The molecule has 2 nitrogen and oxygen atoms in total. The van der Waals surface area contributed by atoms with Crippen molar-refractivity contribution < 1.29 is 4.11 Å². The highest BCUT2D eigenvalue weighted by Gasteiger charge is 2.45. The molecule has 0 unspecified atom stereocenters. The first kappa shape index (κ1) is 37.7.